The summed E-state index contributed by atoms with van der Waals surface area (Å²) < 4.78 is 10.8. The van der Waals surface area contributed by atoms with Gasteiger partial charge in [0.1, 0.15) is 11.5 Å². The first-order valence-corrected chi connectivity index (χ1v) is 9.10. The molecule has 0 aliphatic carbocycles. The molecule has 1 aliphatic rings. The first kappa shape index (κ1) is 18.9. The zero-order valence-electron chi connectivity index (χ0n) is 16.4. The number of likely N-dealkylation sites (tertiary alicyclic amines) is 1. The van der Waals surface area contributed by atoms with Gasteiger partial charge in [0.25, 0.3) is 0 Å². The van der Waals surface area contributed by atoms with Crippen LogP contribution in [-0.4, -0.2) is 45.8 Å². The fourth-order valence-corrected chi connectivity index (χ4v) is 3.47. The lowest BCUT2D eigenvalue weighted by Gasteiger charge is -2.27. The van der Waals surface area contributed by atoms with E-state index in [9.17, 15) is 4.79 Å². The van der Waals surface area contributed by atoms with Gasteiger partial charge in [-0.15, -0.1) is 0 Å². The molecule has 27 heavy (non-hydrogen) atoms. The summed E-state index contributed by atoms with van der Waals surface area (Å²) in [5.74, 6) is 1.49. The molecule has 1 atom stereocenters. The van der Waals surface area contributed by atoms with Crippen LogP contribution in [0, 0.1) is 0 Å². The number of hydrogen-bond acceptors (Lipinski definition) is 4. The molecule has 1 saturated heterocycles. The minimum absolute atomic E-state index is 0.00750. The molecule has 0 unspecified atom stereocenters. The molecule has 6 nitrogen and oxygen atoms in total. The number of carbonyl (C=O) groups is 1. The van der Waals surface area contributed by atoms with Crippen molar-refractivity contribution < 1.29 is 14.3 Å². The molecule has 0 aromatic heterocycles. The van der Waals surface area contributed by atoms with Gasteiger partial charge in [-0.05, 0) is 49.2 Å². The summed E-state index contributed by atoms with van der Waals surface area (Å²) in [6, 6.07) is 13.5. The van der Waals surface area contributed by atoms with E-state index in [1.165, 1.54) is 0 Å². The van der Waals surface area contributed by atoms with E-state index in [4.69, 9.17) is 9.47 Å². The fourth-order valence-electron chi connectivity index (χ4n) is 3.47. The van der Waals surface area contributed by atoms with Crippen LogP contribution in [0.4, 0.5) is 16.2 Å². The van der Waals surface area contributed by atoms with Gasteiger partial charge in [-0.2, -0.15) is 0 Å². The summed E-state index contributed by atoms with van der Waals surface area (Å²) in [5, 5.41) is 3.01. The van der Waals surface area contributed by atoms with Crippen molar-refractivity contribution in [1.82, 2.24) is 4.90 Å². The van der Waals surface area contributed by atoms with E-state index in [1.54, 1.807) is 14.2 Å². The Morgan fingerprint density at radius 3 is 2.48 bits per heavy atom. The Labute approximate surface area is 160 Å². The lowest BCUT2D eigenvalue weighted by atomic mass is 10.0. The Morgan fingerprint density at radius 2 is 1.85 bits per heavy atom. The molecule has 0 bridgehead atoms. The molecule has 6 heteroatoms. The van der Waals surface area contributed by atoms with Crippen LogP contribution >= 0.6 is 0 Å². The molecule has 1 fully saturated rings. The summed E-state index contributed by atoms with van der Waals surface area (Å²) in [6.07, 6.45) is 1.88. The molecule has 3 rings (SSSR count). The van der Waals surface area contributed by atoms with Crippen LogP contribution in [0.5, 0.6) is 11.5 Å². The first-order chi connectivity index (χ1) is 13.0. The smallest absolute Gasteiger partial charge is 0.322 e. The van der Waals surface area contributed by atoms with Crippen molar-refractivity contribution >= 4 is 17.4 Å². The highest BCUT2D eigenvalue weighted by molar-refractivity contribution is 5.90. The topological polar surface area (TPSA) is 54.0 Å². The lowest BCUT2D eigenvalue weighted by molar-refractivity contribution is 0.206. The second kappa shape index (κ2) is 8.20. The predicted molar refractivity (Wildman–Crippen MR) is 108 cm³/mol. The van der Waals surface area contributed by atoms with Crippen molar-refractivity contribution in [3.05, 3.63) is 48.0 Å². The minimum Gasteiger partial charge on any atom is -0.497 e. The third kappa shape index (κ3) is 4.10. The SMILES string of the molecule is COc1ccc([C@H]2CCCN2C(=O)Nc2ccc(N(C)C)cc2)c(OC)c1. The average Bonchev–Trinajstić information content (AvgIpc) is 3.17. The lowest BCUT2D eigenvalue weighted by Crippen LogP contribution is -2.34. The molecular formula is C21H27N3O3. The Kier molecular flexibility index (Phi) is 5.74. The monoisotopic (exact) mass is 369 g/mol. The van der Waals surface area contributed by atoms with Crippen molar-refractivity contribution in [3.63, 3.8) is 0 Å². The predicted octanol–water partition coefficient (Wildman–Crippen LogP) is 4.14. The second-order valence-electron chi connectivity index (χ2n) is 6.83. The summed E-state index contributed by atoms with van der Waals surface area (Å²) in [7, 11) is 7.25. The number of ether oxygens (including phenoxy) is 2. The molecule has 2 amide bonds. The van der Waals surface area contributed by atoms with E-state index in [1.807, 2.05) is 66.4 Å². The number of methoxy groups -OCH3 is 2. The zero-order valence-corrected chi connectivity index (χ0v) is 16.4. The maximum absolute atomic E-state index is 12.9. The second-order valence-corrected chi connectivity index (χ2v) is 6.83. The van der Waals surface area contributed by atoms with Crippen LogP contribution < -0.4 is 19.7 Å². The van der Waals surface area contributed by atoms with Gasteiger partial charge in [-0.3, -0.25) is 0 Å². The molecule has 2 aromatic rings. The Bertz CT molecular complexity index is 790. The van der Waals surface area contributed by atoms with Crippen molar-refractivity contribution in [2.75, 3.05) is 45.1 Å². The fraction of sp³-hybridized carbons (Fsp3) is 0.381. The van der Waals surface area contributed by atoms with Gasteiger partial charge < -0.3 is 24.6 Å². The van der Waals surface area contributed by atoms with Crippen LogP contribution in [0.2, 0.25) is 0 Å². The molecule has 1 N–H and O–H groups in total. The number of hydrogen-bond donors (Lipinski definition) is 1. The highest BCUT2D eigenvalue weighted by atomic mass is 16.5. The van der Waals surface area contributed by atoms with Gasteiger partial charge >= 0.3 is 6.03 Å². The molecule has 1 aliphatic heterocycles. The van der Waals surface area contributed by atoms with Crippen molar-refractivity contribution in [1.29, 1.82) is 0 Å². The number of amides is 2. The molecule has 0 spiro atoms. The van der Waals surface area contributed by atoms with E-state index in [2.05, 4.69) is 5.32 Å². The third-order valence-electron chi connectivity index (χ3n) is 4.95. The number of urea groups is 1. The van der Waals surface area contributed by atoms with E-state index in [0.717, 1.165) is 47.8 Å². The number of nitrogens with zero attached hydrogens (tertiary/aromatic N) is 2. The highest BCUT2D eigenvalue weighted by Gasteiger charge is 2.32. The number of carbonyl (C=O) groups excluding carboxylic acids is 1. The van der Waals surface area contributed by atoms with E-state index in [-0.39, 0.29) is 12.1 Å². The average molecular weight is 369 g/mol. The van der Waals surface area contributed by atoms with E-state index >= 15 is 0 Å². The summed E-state index contributed by atoms with van der Waals surface area (Å²) >= 11 is 0. The Balaban J connectivity index is 1.76. The molecular weight excluding hydrogens is 342 g/mol. The van der Waals surface area contributed by atoms with Crippen LogP contribution in [0.15, 0.2) is 42.5 Å². The molecule has 1 heterocycles. The molecule has 144 valence electrons. The van der Waals surface area contributed by atoms with Gasteiger partial charge in [-0.25, -0.2) is 4.79 Å². The van der Waals surface area contributed by atoms with Gasteiger partial charge in [0.05, 0.1) is 20.3 Å². The van der Waals surface area contributed by atoms with Crippen molar-refractivity contribution in [2.45, 2.75) is 18.9 Å². The van der Waals surface area contributed by atoms with Crippen LogP contribution in [0.3, 0.4) is 0 Å². The van der Waals surface area contributed by atoms with E-state index < -0.39 is 0 Å². The quantitative estimate of drug-likeness (QED) is 0.861. The molecule has 2 aromatic carbocycles. The third-order valence-corrected chi connectivity index (χ3v) is 4.95. The summed E-state index contributed by atoms with van der Waals surface area (Å²) in [6.45, 7) is 0.724. The normalized spacial score (nSPS) is 16.1. The number of anilines is 2. The van der Waals surface area contributed by atoms with E-state index in [0.29, 0.717) is 0 Å². The Morgan fingerprint density at radius 1 is 1.11 bits per heavy atom. The minimum atomic E-state index is -0.0898. The van der Waals surface area contributed by atoms with Gasteiger partial charge in [-0.1, -0.05) is 0 Å². The maximum atomic E-state index is 12.9. The Hall–Kier alpha value is -2.89. The van der Waals surface area contributed by atoms with Gasteiger partial charge in [0.15, 0.2) is 0 Å². The summed E-state index contributed by atoms with van der Waals surface area (Å²) in [4.78, 5) is 16.8. The van der Waals surface area contributed by atoms with Crippen LogP contribution in [-0.2, 0) is 0 Å². The number of rotatable bonds is 5. The summed E-state index contributed by atoms with van der Waals surface area (Å²) in [5.41, 5.74) is 2.89. The van der Waals surface area contributed by atoms with Gasteiger partial charge in [0, 0.05) is 43.6 Å². The molecule has 0 radical (unpaired) electrons. The van der Waals surface area contributed by atoms with Crippen molar-refractivity contribution in [3.8, 4) is 11.5 Å². The van der Waals surface area contributed by atoms with Crippen LogP contribution in [0.1, 0.15) is 24.4 Å². The number of benzene rings is 2. The number of nitrogens with one attached hydrogen (secondary N) is 1. The zero-order chi connectivity index (χ0) is 19.4. The highest BCUT2D eigenvalue weighted by Crippen LogP contribution is 2.39. The van der Waals surface area contributed by atoms with Crippen molar-refractivity contribution in [2.24, 2.45) is 0 Å². The molecule has 0 saturated carbocycles. The largest absolute Gasteiger partial charge is 0.497 e. The standard InChI is InChI=1S/C21H27N3O3/c1-23(2)16-9-7-15(8-10-16)22-21(25)24-13-5-6-19(24)18-12-11-17(26-3)14-20(18)27-4/h7-12,14,19H,5-6,13H2,1-4H3,(H,22,25)/t19-/m1/s1. The van der Waals surface area contributed by atoms with Gasteiger partial charge in [0.2, 0.25) is 0 Å². The van der Waals surface area contributed by atoms with Crippen LogP contribution in [0.25, 0.3) is 0 Å². The first-order valence-electron chi connectivity index (χ1n) is 9.10. The maximum Gasteiger partial charge on any atom is 0.322 e.